The molecule has 0 aliphatic rings. The normalized spacial score (nSPS) is 10.7. The third-order valence-electron chi connectivity index (χ3n) is 3.17. The third kappa shape index (κ3) is 2.45. The van der Waals surface area contributed by atoms with E-state index >= 15 is 0 Å². The molecule has 0 saturated carbocycles. The van der Waals surface area contributed by atoms with Crippen molar-refractivity contribution in [2.24, 2.45) is 0 Å². The molecule has 106 valence electrons. The summed E-state index contributed by atoms with van der Waals surface area (Å²) >= 11 is 0. The molecule has 2 aromatic carbocycles. The van der Waals surface area contributed by atoms with Gasteiger partial charge in [-0.3, -0.25) is 4.57 Å². The Morgan fingerprint density at radius 3 is 2.90 bits per heavy atom. The van der Waals surface area contributed by atoms with Crippen molar-refractivity contribution in [1.29, 1.82) is 0 Å². The van der Waals surface area contributed by atoms with Gasteiger partial charge in [0.1, 0.15) is 12.1 Å². The Morgan fingerprint density at radius 1 is 1.29 bits per heavy atom. The van der Waals surface area contributed by atoms with Gasteiger partial charge in [-0.25, -0.2) is 9.78 Å². The first-order valence-electron chi connectivity index (χ1n) is 6.62. The molecule has 0 aliphatic carbocycles. The lowest BCUT2D eigenvalue weighted by atomic mass is 10.2. The van der Waals surface area contributed by atoms with Crippen molar-refractivity contribution in [3.05, 3.63) is 54.4 Å². The number of hydrogen-bond donors (Lipinski definition) is 1. The van der Waals surface area contributed by atoms with E-state index in [-0.39, 0.29) is 11.7 Å². The Bertz CT molecular complexity index is 808. The molecule has 0 spiro atoms. The second-order valence-corrected chi connectivity index (χ2v) is 4.56. The van der Waals surface area contributed by atoms with Gasteiger partial charge < -0.3 is 9.84 Å². The zero-order valence-corrected chi connectivity index (χ0v) is 11.5. The molecule has 3 aromatic rings. The van der Waals surface area contributed by atoms with Crippen LogP contribution in [-0.2, 0) is 4.74 Å². The molecule has 1 heterocycles. The van der Waals surface area contributed by atoms with Gasteiger partial charge in [0.2, 0.25) is 0 Å². The first-order valence-corrected chi connectivity index (χ1v) is 6.62. The number of benzene rings is 2. The number of carbonyl (C=O) groups excluding carboxylic acids is 1. The van der Waals surface area contributed by atoms with E-state index in [2.05, 4.69) is 4.98 Å². The second-order valence-electron chi connectivity index (χ2n) is 4.56. The number of rotatable bonds is 3. The quantitative estimate of drug-likeness (QED) is 0.750. The number of aromatic hydroxyl groups is 1. The number of carbonyl (C=O) groups is 1. The van der Waals surface area contributed by atoms with E-state index in [4.69, 9.17) is 4.74 Å². The standard InChI is InChI=1S/C16H14N2O3/c1-2-21-16(20)11-6-7-15-14(8-11)17-10-18(15)12-4-3-5-13(19)9-12/h3-10,19H,2H2,1H3. The molecule has 3 rings (SSSR count). The number of aromatic nitrogens is 2. The molecule has 21 heavy (non-hydrogen) atoms. The molecule has 0 bridgehead atoms. The minimum atomic E-state index is -0.355. The number of hydrogen-bond acceptors (Lipinski definition) is 4. The fraction of sp³-hybridized carbons (Fsp3) is 0.125. The zero-order valence-electron chi connectivity index (χ0n) is 11.5. The summed E-state index contributed by atoms with van der Waals surface area (Å²) in [6.45, 7) is 2.11. The highest BCUT2D eigenvalue weighted by Gasteiger charge is 2.10. The maximum Gasteiger partial charge on any atom is 0.338 e. The lowest BCUT2D eigenvalue weighted by molar-refractivity contribution is 0.0526. The number of esters is 1. The van der Waals surface area contributed by atoms with Crippen molar-refractivity contribution in [3.63, 3.8) is 0 Å². The third-order valence-corrected chi connectivity index (χ3v) is 3.17. The summed E-state index contributed by atoms with van der Waals surface area (Å²) in [5.41, 5.74) is 2.84. The van der Waals surface area contributed by atoms with Crippen LogP contribution >= 0.6 is 0 Å². The molecule has 0 unspecified atom stereocenters. The van der Waals surface area contributed by atoms with Crippen LogP contribution in [0.25, 0.3) is 16.7 Å². The summed E-state index contributed by atoms with van der Waals surface area (Å²) in [6, 6.07) is 12.1. The van der Waals surface area contributed by atoms with Crippen molar-refractivity contribution in [2.75, 3.05) is 6.61 Å². The van der Waals surface area contributed by atoms with E-state index in [0.29, 0.717) is 17.7 Å². The van der Waals surface area contributed by atoms with Crippen molar-refractivity contribution in [3.8, 4) is 11.4 Å². The van der Waals surface area contributed by atoms with Crippen LogP contribution in [-0.4, -0.2) is 27.2 Å². The molecular formula is C16H14N2O3. The van der Waals surface area contributed by atoms with E-state index in [1.807, 2.05) is 16.7 Å². The van der Waals surface area contributed by atoms with Gasteiger partial charge in [0, 0.05) is 6.07 Å². The Labute approximate surface area is 121 Å². The summed E-state index contributed by atoms with van der Waals surface area (Å²) in [7, 11) is 0. The fourth-order valence-corrected chi connectivity index (χ4v) is 2.20. The predicted molar refractivity (Wildman–Crippen MR) is 78.7 cm³/mol. The summed E-state index contributed by atoms with van der Waals surface area (Å²) < 4.78 is 6.83. The first-order chi connectivity index (χ1) is 10.2. The average Bonchev–Trinajstić information content (AvgIpc) is 2.90. The largest absolute Gasteiger partial charge is 0.508 e. The SMILES string of the molecule is CCOC(=O)c1ccc2c(c1)ncn2-c1cccc(O)c1. The second kappa shape index (κ2) is 5.28. The van der Waals surface area contributed by atoms with Crippen LogP contribution in [0.5, 0.6) is 5.75 Å². The van der Waals surface area contributed by atoms with E-state index in [1.54, 1.807) is 43.6 Å². The van der Waals surface area contributed by atoms with Crippen LogP contribution in [0.1, 0.15) is 17.3 Å². The van der Waals surface area contributed by atoms with E-state index in [1.165, 1.54) is 0 Å². The van der Waals surface area contributed by atoms with Gasteiger partial charge >= 0.3 is 5.97 Å². The summed E-state index contributed by atoms with van der Waals surface area (Å²) in [4.78, 5) is 16.0. The molecule has 0 atom stereocenters. The Hall–Kier alpha value is -2.82. The highest BCUT2D eigenvalue weighted by atomic mass is 16.5. The van der Waals surface area contributed by atoms with Gasteiger partial charge in [-0.15, -0.1) is 0 Å². The monoisotopic (exact) mass is 282 g/mol. The Balaban J connectivity index is 2.06. The molecule has 5 heteroatoms. The Kier molecular flexibility index (Phi) is 3.31. The molecule has 0 amide bonds. The van der Waals surface area contributed by atoms with Crippen molar-refractivity contribution in [1.82, 2.24) is 9.55 Å². The van der Waals surface area contributed by atoms with Crippen LogP contribution in [0, 0.1) is 0 Å². The number of nitrogens with zero attached hydrogens (tertiary/aromatic N) is 2. The fourth-order valence-electron chi connectivity index (χ4n) is 2.20. The van der Waals surface area contributed by atoms with Gasteiger partial charge in [0.25, 0.3) is 0 Å². The first kappa shape index (κ1) is 13.2. The van der Waals surface area contributed by atoms with Gasteiger partial charge in [-0.05, 0) is 37.3 Å². The van der Waals surface area contributed by atoms with Crippen molar-refractivity contribution in [2.45, 2.75) is 6.92 Å². The maximum atomic E-state index is 11.7. The number of fused-ring (bicyclic) bond motifs is 1. The zero-order chi connectivity index (χ0) is 14.8. The van der Waals surface area contributed by atoms with Crippen molar-refractivity contribution < 1.29 is 14.6 Å². The lowest BCUT2D eigenvalue weighted by Crippen LogP contribution is -2.04. The van der Waals surface area contributed by atoms with Crippen LogP contribution in [0.3, 0.4) is 0 Å². The van der Waals surface area contributed by atoms with E-state index in [9.17, 15) is 9.90 Å². The van der Waals surface area contributed by atoms with Crippen LogP contribution in [0.4, 0.5) is 0 Å². The number of phenolic OH excluding ortho intramolecular Hbond substituents is 1. The van der Waals surface area contributed by atoms with Gasteiger partial charge in [0.05, 0.1) is 28.9 Å². The lowest BCUT2D eigenvalue weighted by Gasteiger charge is -2.05. The topological polar surface area (TPSA) is 64.3 Å². The van der Waals surface area contributed by atoms with Crippen molar-refractivity contribution >= 4 is 17.0 Å². The van der Waals surface area contributed by atoms with Gasteiger partial charge in [-0.1, -0.05) is 6.07 Å². The van der Waals surface area contributed by atoms with Gasteiger partial charge in [-0.2, -0.15) is 0 Å². The minimum absolute atomic E-state index is 0.192. The predicted octanol–water partition coefficient (Wildman–Crippen LogP) is 2.91. The molecule has 1 aromatic heterocycles. The smallest absolute Gasteiger partial charge is 0.338 e. The summed E-state index contributed by atoms with van der Waals surface area (Å²) in [5.74, 6) is -0.163. The molecule has 0 fully saturated rings. The van der Waals surface area contributed by atoms with E-state index < -0.39 is 0 Å². The maximum absolute atomic E-state index is 11.7. The minimum Gasteiger partial charge on any atom is -0.508 e. The van der Waals surface area contributed by atoms with Crippen LogP contribution in [0.15, 0.2) is 48.8 Å². The highest BCUT2D eigenvalue weighted by molar-refractivity contribution is 5.93. The average molecular weight is 282 g/mol. The number of imidazole rings is 1. The van der Waals surface area contributed by atoms with Crippen LogP contribution in [0.2, 0.25) is 0 Å². The highest BCUT2D eigenvalue weighted by Crippen LogP contribution is 2.22. The molecule has 5 nitrogen and oxygen atoms in total. The molecule has 0 radical (unpaired) electrons. The molecule has 0 aliphatic heterocycles. The van der Waals surface area contributed by atoms with Gasteiger partial charge in [0.15, 0.2) is 0 Å². The van der Waals surface area contributed by atoms with E-state index in [0.717, 1.165) is 11.2 Å². The number of ether oxygens (including phenoxy) is 1. The summed E-state index contributed by atoms with van der Waals surface area (Å²) in [5, 5.41) is 9.56. The Morgan fingerprint density at radius 2 is 2.14 bits per heavy atom. The molecule has 0 saturated heterocycles. The number of phenols is 1. The molecular weight excluding hydrogens is 268 g/mol. The molecule has 1 N–H and O–H groups in total. The van der Waals surface area contributed by atoms with Crippen LogP contribution < -0.4 is 0 Å². The summed E-state index contributed by atoms with van der Waals surface area (Å²) in [6.07, 6.45) is 1.66.